The van der Waals surface area contributed by atoms with Crippen molar-refractivity contribution < 1.29 is 18.7 Å². The van der Waals surface area contributed by atoms with Crippen LogP contribution in [0.15, 0.2) is 72.1 Å². The van der Waals surface area contributed by atoms with Crippen LogP contribution in [0, 0.1) is 5.82 Å². The number of rotatable bonds is 7. The van der Waals surface area contributed by atoms with Gasteiger partial charge in [-0.1, -0.05) is 41.4 Å². The van der Waals surface area contributed by atoms with Crippen molar-refractivity contribution in [3.8, 4) is 16.9 Å². The van der Waals surface area contributed by atoms with Crippen molar-refractivity contribution in [1.82, 2.24) is 9.88 Å². The third-order valence-electron chi connectivity index (χ3n) is 6.49. The second-order valence-corrected chi connectivity index (χ2v) is 10.9. The Bertz CT molecular complexity index is 1490. The quantitative estimate of drug-likeness (QED) is 0.248. The summed E-state index contributed by atoms with van der Waals surface area (Å²) in [5, 5.41) is 6.58. The van der Waals surface area contributed by atoms with Gasteiger partial charge in [0, 0.05) is 45.7 Å². The second-order valence-electron chi connectivity index (χ2n) is 9.12. The number of hydrogen-bond acceptors (Lipinski definition) is 5. The van der Waals surface area contributed by atoms with Gasteiger partial charge < -0.3 is 15.0 Å². The molecule has 1 aromatic heterocycles. The molecule has 39 heavy (non-hydrogen) atoms. The van der Waals surface area contributed by atoms with Crippen molar-refractivity contribution in [3.05, 3.63) is 98.7 Å². The number of ether oxygens (including phenoxy) is 1. The molecule has 10 heteroatoms. The molecule has 0 atom stereocenters. The van der Waals surface area contributed by atoms with Crippen molar-refractivity contribution in [1.29, 1.82) is 0 Å². The number of piperidine rings is 1. The third-order valence-corrected chi connectivity index (χ3v) is 7.99. The van der Waals surface area contributed by atoms with Crippen molar-refractivity contribution in [2.45, 2.75) is 18.8 Å². The molecule has 5 rings (SSSR count). The van der Waals surface area contributed by atoms with Gasteiger partial charge in [-0.2, -0.15) is 0 Å². The van der Waals surface area contributed by atoms with E-state index in [2.05, 4.69) is 10.3 Å². The van der Waals surface area contributed by atoms with Gasteiger partial charge in [-0.25, -0.2) is 9.37 Å². The molecule has 200 valence electrons. The van der Waals surface area contributed by atoms with Gasteiger partial charge in [0.25, 0.3) is 11.8 Å². The van der Waals surface area contributed by atoms with Crippen LogP contribution >= 0.6 is 34.5 Å². The van der Waals surface area contributed by atoms with Gasteiger partial charge >= 0.3 is 0 Å². The summed E-state index contributed by atoms with van der Waals surface area (Å²) in [6.45, 7) is 1.13. The van der Waals surface area contributed by atoms with Crippen LogP contribution in [-0.2, 0) is 4.79 Å². The van der Waals surface area contributed by atoms with Gasteiger partial charge in [-0.3, -0.25) is 9.59 Å². The van der Waals surface area contributed by atoms with Crippen molar-refractivity contribution in [2.24, 2.45) is 0 Å². The summed E-state index contributed by atoms with van der Waals surface area (Å²) >= 11 is 13.4. The molecule has 1 N–H and O–H groups in total. The standard InChI is InChI=1S/C29H24Cl2FN3O3S/c30-20-6-4-18(5-7-20)24-15-22(32)8-9-25(24)33-28(37)26-17-39-29(34-26)19-10-12-35(13-11-19)27(36)16-38-23-3-1-2-21(31)14-23/h1-9,14-15,17,19H,10-13,16H2,(H,33,37). The van der Waals surface area contributed by atoms with E-state index in [1.165, 1.54) is 29.5 Å². The molecule has 4 aromatic rings. The highest BCUT2D eigenvalue weighted by Gasteiger charge is 2.27. The lowest BCUT2D eigenvalue weighted by atomic mass is 9.97. The molecule has 3 aromatic carbocycles. The molecule has 0 saturated carbocycles. The van der Waals surface area contributed by atoms with Crippen LogP contribution in [0.25, 0.3) is 11.1 Å². The highest BCUT2D eigenvalue weighted by molar-refractivity contribution is 7.10. The zero-order valence-corrected chi connectivity index (χ0v) is 23.0. The van der Waals surface area contributed by atoms with E-state index < -0.39 is 5.82 Å². The fraction of sp³-hybridized carbons (Fsp3) is 0.207. The van der Waals surface area contributed by atoms with Gasteiger partial charge in [-0.05, 0) is 66.9 Å². The van der Waals surface area contributed by atoms with Gasteiger partial charge in [0.2, 0.25) is 0 Å². The first-order valence-electron chi connectivity index (χ1n) is 12.3. The minimum absolute atomic E-state index is 0.0476. The van der Waals surface area contributed by atoms with Crippen LogP contribution in [0.4, 0.5) is 10.1 Å². The number of halogens is 3. The number of benzene rings is 3. The van der Waals surface area contributed by atoms with Gasteiger partial charge in [0.15, 0.2) is 6.61 Å². The fourth-order valence-electron chi connectivity index (χ4n) is 4.43. The summed E-state index contributed by atoms with van der Waals surface area (Å²) < 4.78 is 19.6. The molecule has 0 aliphatic carbocycles. The number of hydrogen-bond donors (Lipinski definition) is 1. The maximum absolute atomic E-state index is 14.0. The van der Waals surface area contributed by atoms with Crippen LogP contribution in [0.2, 0.25) is 10.0 Å². The molecule has 0 unspecified atom stereocenters. The molecular formula is C29H24Cl2FN3O3S. The predicted molar refractivity (Wildman–Crippen MR) is 152 cm³/mol. The number of nitrogens with one attached hydrogen (secondary N) is 1. The van der Waals surface area contributed by atoms with Crippen LogP contribution < -0.4 is 10.1 Å². The summed E-state index contributed by atoms with van der Waals surface area (Å²) in [6.07, 6.45) is 1.49. The average Bonchev–Trinajstić information content (AvgIpc) is 3.44. The molecule has 6 nitrogen and oxygen atoms in total. The summed E-state index contributed by atoms with van der Waals surface area (Å²) in [6, 6.07) is 18.1. The first-order valence-corrected chi connectivity index (χ1v) is 14.0. The molecule has 1 saturated heterocycles. The third kappa shape index (κ3) is 6.76. The smallest absolute Gasteiger partial charge is 0.275 e. The first-order chi connectivity index (χ1) is 18.9. The Morgan fingerprint density at radius 3 is 2.54 bits per heavy atom. The first kappa shape index (κ1) is 27.1. The van der Waals surface area contributed by atoms with E-state index in [0.717, 1.165) is 23.4 Å². The van der Waals surface area contributed by atoms with E-state index >= 15 is 0 Å². The van der Waals surface area contributed by atoms with Gasteiger partial charge in [0.05, 0.1) is 5.01 Å². The minimum atomic E-state index is -0.408. The molecule has 1 fully saturated rings. The van der Waals surface area contributed by atoms with E-state index in [0.29, 0.717) is 45.8 Å². The van der Waals surface area contributed by atoms with Crippen molar-refractivity contribution >= 4 is 52.0 Å². The van der Waals surface area contributed by atoms with E-state index in [1.807, 2.05) is 0 Å². The predicted octanol–water partition coefficient (Wildman–Crippen LogP) is 7.29. The molecule has 0 radical (unpaired) electrons. The van der Waals surface area contributed by atoms with Crippen molar-refractivity contribution in [3.63, 3.8) is 0 Å². The Kier molecular flexibility index (Phi) is 8.45. The Hall–Kier alpha value is -3.46. The second kappa shape index (κ2) is 12.2. The number of nitrogens with zero attached hydrogens (tertiary/aromatic N) is 2. The molecule has 1 aliphatic heterocycles. The molecule has 2 heterocycles. The fourth-order valence-corrected chi connectivity index (χ4v) is 5.71. The van der Waals surface area contributed by atoms with E-state index in [9.17, 15) is 14.0 Å². The van der Waals surface area contributed by atoms with E-state index in [4.69, 9.17) is 27.9 Å². The molecule has 2 amide bonds. The number of thiazole rings is 1. The lowest BCUT2D eigenvalue weighted by Gasteiger charge is -2.31. The summed E-state index contributed by atoms with van der Waals surface area (Å²) in [5.74, 6) is -0.145. The maximum atomic E-state index is 14.0. The summed E-state index contributed by atoms with van der Waals surface area (Å²) in [4.78, 5) is 32.0. The number of carbonyl (C=O) groups excluding carboxylic acids is 2. The van der Waals surface area contributed by atoms with E-state index in [-0.39, 0.29) is 24.3 Å². The lowest BCUT2D eigenvalue weighted by Crippen LogP contribution is -2.40. The SMILES string of the molecule is O=C(Nc1ccc(F)cc1-c1ccc(Cl)cc1)c1csc(C2CCN(C(=O)COc3cccc(Cl)c3)CC2)n1. The highest BCUT2D eigenvalue weighted by Crippen LogP contribution is 2.32. The topological polar surface area (TPSA) is 71.5 Å². The largest absolute Gasteiger partial charge is 0.484 e. The number of anilines is 1. The van der Waals surface area contributed by atoms with Crippen LogP contribution in [0.1, 0.15) is 34.3 Å². The monoisotopic (exact) mass is 583 g/mol. The number of likely N-dealkylation sites (tertiary alicyclic amines) is 1. The van der Waals surface area contributed by atoms with Crippen LogP contribution in [0.3, 0.4) is 0 Å². The number of aromatic nitrogens is 1. The normalized spacial score (nSPS) is 13.8. The molecule has 0 bridgehead atoms. The van der Waals surface area contributed by atoms with E-state index in [1.54, 1.807) is 58.8 Å². The lowest BCUT2D eigenvalue weighted by molar-refractivity contribution is -0.134. The Morgan fingerprint density at radius 2 is 1.79 bits per heavy atom. The zero-order valence-electron chi connectivity index (χ0n) is 20.7. The summed E-state index contributed by atoms with van der Waals surface area (Å²) in [7, 11) is 0. The molecule has 1 aliphatic rings. The Balaban J connectivity index is 1.18. The maximum Gasteiger partial charge on any atom is 0.275 e. The Labute approximate surface area is 239 Å². The van der Waals surface area contributed by atoms with Crippen LogP contribution in [0.5, 0.6) is 5.75 Å². The average molecular weight is 585 g/mol. The minimum Gasteiger partial charge on any atom is -0.484 e. The summed E-state index contributed by atoms with van der Waals surface area (Å²) in [5.41, 5.74) is 2.05. The van der Waals surface area contributed by atoms with Gasteiger partial charge in [-0.15, -0.1) is 11.3 Å². The van der Waals surface area contributed by atoms with Crippen molar-refractivity contribution in [2.75, 3.05) is 25.0 Å². The van der Waals surface area contributed by atoms with Gasteiger partial charge in [0.1, 0.15) is 17.3 Å². The zero-order chi connectivity index (χ0) is 27.4. The molecule has 0 spiro atoms. The number of carbonyl (C=O) groups is 2. The molecular weight excluding hydrogens is 560 g/mol. The Morgan fingerprint density at radius 1 is 1.03 bits per heavy atom. The highest BCUT2D eigenvalue weighted by atomic mass is 35.5. The van der Waals surface area contributed by atoms with Crippen LogP contribution in [-0.4, -0.2) is 41.4 Å². The number of amides is 2.